The van der Waals surface area contributed by atoms with E-state index in [4.69, 9.17) is 16.3 Å². The van der Waals surface area contributed by atoms with Crippen LogP contribution in [0.4, 0.5) is 0 Å². The first-order valence-corrected chi connectivity index (χ1v) is 7.88. The van der Waals surface area contributed by atoms with Crippen LogP contribution in [0.1, 0.15) is 5.56 Å². The molecule has 6 heteroatoms. The minimum Gasteiger partial charge on any atom is -0.497 e. The lowest BCUT2D eigenvalue weighted by molar-refractivity contribution is -0.118. The van der Waals surface area contributed by atoms with Gasteiger partial charge in [0.25, 0.3) is 0 Å². The number of thioether (sulfide) groups is 1. The van der Waals surface area contributed by atoms with E-state index in [0.29, 0.717) is 10.8 Å². The SMILES string of the molecule is COc1ccc(/C=N/NC(=O)CSc2ccc(Cl)cc2)cc1. The van der Waals surface area contributed by atoms with Crippen molar-refractivity contribution in [1.29, 1.82) is 0 Å². The number of methoxy groups -OCH3 is 1. The van der Waals surface area contributed by atoms with E-state index in [-0.39, 0.29) is 5.91 Å². The van der Waals surface area contributed by atoms with Gasteiger partial charge in [0.15, 0.2) is 0 Å². The van der Waals surface area contributed by atoms with Crippen LogP contribution in [0, 0.1) is 0 Å². The van der Waals surface area contributed by atoms with Crippen LogP contribution < -0.4 is 10.2 Å². The van der Waals surface area contributed by atoms with Crippen molar-refractivity contribution in [1.82, 2.24) is 5.43 Å². The summed E-state index contributed by atoms with van der Waals surface area (Å²) in [6.07, 6.45) is 1.59. The van der Waals surface area contributed by atoms with Gasteiger partial charge >= 0.3 is 0 Å². The fraction of sp³-hybridized carbons (Fsp3) is 0.125. The highest BCUT2D eigenvalue weighted by Gasteiger charge is 2.01. The van der Waals surface area contributed by atoms with Crippen molar-refractivity contribution in [2.24, 2.45) is 5.10 Å². The molecule has 0 saturated heterocycles. The van der Waals surface area contributed by atoms with Gasteiger partial charge in [-0.2, -0.15) is 5.10 Å². The zero-order chi connectivity index (χ0) is 15.8. The second kappa shape index (κ2) is 8.46. The van der Waals surface area contributed by atoms with Crippen molar-refractivity contribution in [2.75, 3.05) is 12.9 Å². The van der Waals surface area contributed by atoms with E-state index >= 15 is 0 Å². The molecule has 2 aromatic rings. The second-order valence-corrected chi connectivity index (χ2v) is 5.79. The van der Waals surface area contributed by atoms with Crippen molar-refractivity contribution < 1.29 is 9.53 Å². The molecule has 0 heterocycles. The lowest BCUT2D eigenvalue weighted by Gasteiger charge is -2.01. The fourth-order valence-corrected chi connectivity index (χ4v) is 2.40. The number of carbonyl (C=O) groups is 1. The van der Waals surface area contributed by atoms with E-state index in [0.717, 1.165) is 16.2 Å². The standard InChI is InChI=1S/C16H15ClN2O2S/c1-21-14-6-2-12(3-7-14)10-18-19-16(20)11-22-15-8-4-13(17)5-9-15/h2-10H,11H2,1H3,(H,19,20)/b18-10+. The average molecular weight is 335 g/mol. The minimum atomic E-state index is -0.162. The van der Waals surface area contributed by atoms with Crippen LogP contribution in [-0.2, 0) is 4.79 Å². The van der Waals surface area contributed by atoms with Crippen LogP contribution in [0.5, 0.6) is 5.75 Å². The third kappa shape index (κ3) is 5.42. The Bertz CT molecular complexity index is 642. The summed E-state index contributed by atoms with van der Waals surface area (Å²) in [4.78, 5) is 12.7. The number of rotatable bonds is 6. The Morgan fingerprint density at radius 2 is 1.91 bits per heavy atom. The summed E-state index contributed by atoms with van der Waals surface area (Å²) in [5.41, 5.74) is 3.37. The summed E-state index contributed by atoms with van der Waals surface area (Å²) < 4.78 is 5.07. The van der Waals surface area contributed by atoms with Gasteiger partial charge in [-0.3, -0.25) is 4.79 Å². The number of carbonyl (C=O) groups excluding carboxylic acids is 1. The summed E-state index contributed by atoms with van der Waals surface area (Å²) in [7, 11) is 1.61. The molecular formula is C16H15ClN2O2S. The van der Waals surface area contributed by atoms with Gasteiger partial charge in [0.1, 0.15) is 5.75 Å². The van der Waals surface area contributed by atoms with E-state index in [9.17, 15) is 4.79 Å². The molecule has 0 aliphatic rings. The molecule has 0 bridgehead atoms. The maximum absolute atomic E-state index is 11.7. The number of hydrazone groups is 1. The van der Waals surface area contributed by atoms with Crippen LogP contribution >= 0.6 is 23.4 Å². The molecule has 1 N–H and O–H groups in total. The van der Waals surface area contributed by atoms with Crippen LogP contribution in [0.2, 0.25) is 5.02 Å². The van der Waals surface area contributed by atoms with Crippen LogP contribution in [0.3, 0.4) is 0 Å². The van der Waals surface area contributed by atoms with Crippen molar-refractivity contribution in [2.45, 2.75) is 4.90 Å². The Morgan fingerprint density at radius 1 is 1.23 bits per heavy atom. The van der Waals surface area contributed by atoms with E-state index < -0.39 is 0 Å². The minimum absolute atomic E-state index is 0.162. The topological polar surface area (TPSA) is 50.7 Å². The van der Waals surface area contributed by atoms with Crippen molar-refractivity contribution in [3.05, 3.63) is 59.1 Å². The van der Waals surface area contributed by atoms with Gasteiger partial charge in [-0.15, -0.1) is 11.8 Å². The molecule has 0 atom stereocenters. The molecule has 0 radical (unpaired) electrons. The number of hydrogen-bond acceptors (Lipinski definition) is 4. The fourth-order valence-electron chi connectivity index (χ4n) is 1.58. The van der Waals surface area contributed by atoms with Gasteiger partial charge in [-0.1, -0.05) is 11.6 Å². The third-order valence-electron chi connectivity index (χ3n) is 2.70. The number of nitrogens with one attached hydrogen (secondary N) is 1. The van der Waals surface area contributed by atoms with E-state index in [1.165, 1.54) is 11.8 Å². The Balaban J connectivity index is 1.76. The molecule has 0 aliphatic carbocycles. The number of benzene rings is 2. The average Bonchev–Trinajstić information content (AvgIpc) is 2.55. The van der Waals surface area contributed by atoms with Crippen molar-refractivity contribution in [3.8, 4) is 5.75 Å². The summed E-state index contributed by atoms with van der Waals surface area (Å²) >= 11 is 7.23. The molecule has 0 aromatic heterocycles. The predicted molar refractivity (Wildman–Crippen MR) is 90.9 cm³/mol. The smallest absolute Gasteiger partial charge is 0.250 e. The quantitative estimate of drug-likeness (QED) is 0.499. The number of hydrogen-bond donors (Lipinski definition) is 1. The maximum atomic E-state index is 11.7. The van der Waals surface area contributed by atoms with Gasteiger partial charge in [0, 0.05) is 9.92 Å². The van der Waals surface area contributed by atoms with E-state index in [1.807, 2.05) is 36.4 Å². The van der Waals surface area contributed by atoms with Crippen LogP contribution in [0.15, 0.2) is 58.5 Å². The second-order valence-electron chi connectivity index (χ2n) is 4.31. The van der Waals surface area contributed by atoms with Crippen LogP contribution in [-0.4, -0.2) is 25.0 Å². The van der Waals surface area contributed by atoms with E-state index in [1.54, 1.807) is 25.5 Å². The molecule has 2 rings (SSSR count). The summed E-state index contributed by atoms with van der Waals surface area (Å²) in [5, 5.41) is 4.60. The molecule has 0 fully saturated rings. The number of nitrogens with zero attached hydrogens (tertiary/aromatic N) is 1. The zero-order valence-corrected chi connectivity index (χ0v) is 13.5. The molecule has 4 nitrogen and oxygen atoms in total. The lowest BCUT2D eigenvalue weighted by atomic mass is 10.2. The van der Waals surface area contributed by atoms with Crippen molar-refractivity contribution >= 4 is 35.5 Å². The highest BCUT2D eigenvalue weighted by Crippen LogP contribution is 2.19. The van der Waals surface area contributed by atoms with Gasteiger partial charge in [0.05, 0.1) is 19.1 Å². The summed E-state index contributed by atoms with van der Waals surface area (Å²) in [6.45, 7) is 0. The molecule has 114 valence electrons. The Kier molecular flexibility index (Phi) is 6.30. The first-order valence-electron chi connectivity index (χ1n) is 6.52. The molecule has 0 spiro atoms. The molecular weight excluding hydrogens is 320 g/mol. The van der Waals surface area contributed by atoms with Gasteiger partial charge in [-0.25, -0.2) is 5.43 Å². The monoisotopic (exact) mass is 334 g/mol. The molecule has 0 saturated carbocycles. The molecule has 22 heavy (non-hydrogen) atoms. The highest BCUT2D eigenvalue weighted by atomic mass is 35.5. The van der Waals surface area contributed by atoms with Gasteiger partial charge in [-0.05, 0) is 54.1 Å². The maximum Gasteiger partial charge on any atom is 0.250 e. The summed E-state index contributed by atoms with van der Waals surface area (Å²) in [5.74, 6) is 0.909. The predicted octanol–water partition coefficient (Wildman–Crippen LogP) is 3.59. The Morgan fingerprint density at radius 3 is 2.55 bits per heavy atom. The molecule has 2 aromatic carbocycles. The van der Waals surface area contributed by atoms with Crippen molar-refractivity contribution in [3.63, 3.8) is 0 Å². The number of amides is 1. The van der Waals surface area contributed by atoms with E-state index in [2.05, 4.69) is 10.5 Å². The molecule has 0 aliphatic heterocycles. The lowest BCUT2D eigenvalue weighted by Crippen LogP contribution is -2.19. The molecule has 0 unspecified atom stereocenters. The number of halogens is 1. The Hall–Kier alpha value is -1.98. The first-order chi connectivity index (χ1) is 10.7. The number of ether oxygens (including phenoxy) is 1. The van der Waals surface area contributed by atoms with Gasteiger partial charge < -0.3 is 4.74 Å². The zero-order valence-electron chi connectivity index (χ0n) is 12.0. The first kappa shape index (κ1) is 16.4. The summed E-state index contributed by atoms with van der Waals surface area (Å²) in [6, 6.07) is 14.7. The Labute approximate surface area is 138 Å². The highest BCUT2D eigenvalue weighted by molar-refractivity contribution is 8.00. The van der Waals surface area contributed by atoms with Gasteiger partial charge in [0.2, 0.25) is 5.91 Å². The third-order valence-corrected chi connectivity index (χ3v) is 3.97. The van der Waals surface area contributed by atoms with Crippen LogP contribution in [0.25, 0.3) is 0 Å². The largest absolute Gasteiger partial charge is 0.497 e. The molecule has 1 amide bonds. The normalized spacial score (nSPS) is 10.6.